The molecule has 2 nitrogen and oxygen atoms in total. The molecule has 0 heterocycles. The van der Waals surface area contributed by atoms with Crippen molar-refractivity contribution in [3.8, 4) is 5.75 Å². The molecule has 3 heteroatoms. The Hall–Kier alpha value is -0.730. The van der Waals surface area contributed by atoms with Crippen LogP contribution in [0.1, 0.15) is 50.7 Å². The maximum atomic E-state index is 6.43. The zero-order valence-electron chi connectivity index (χ0n) is 12.6. The van der Waals surface area contributed by atoms with Gasteiger partial charge in [0.1, 0.15) is 5.75 Å². The van der Waals surface area contributed by atoms with E-state index in [1.807, 2.05) is 6.07 Å². The van der Waals surface area contributed by atoms with Gasteiger partial charge in [-0.1, -0.05) is 37.9 Å². The number of ether oxygens (including phenoxy) is 1. The molecule has 0 amide bonds. The van der Waals surface area contributed by atoms with Crippen LogP contribution in [0.5, 0.6) is 5.75 Å². The van der Waals surface area contributed by atoms with Crippen molar-refractivity contribution in [3.63, 3.8) is 0 Å². The van der Waals surface area contributed by atoms with Gasteiger partial charge in [0.05, 0.1) is 11.6 Å². The first-order valence-corrected chi connectivity index (χ1v) is 8.21. The number of rotatable bonds is 8. The molecule has 0 saturated heterocycles. The van der Waals surface area contributed by atoms with Crippen molar-refractivity contribution in [2.45, 2.75) is 58.4 Å². The largest absolute Gasteiger partial charge is 0.491 e. The minimum Gasteiger partial charge on any atom is -0.491 e. The molecular weight excluding hydrogens is 270 g/mol. The second kappa shape index (κ2) is 7.33. The molecule has 2 N–H and O–H groups in total. The molecule has 1 aromatic carbocycles. The molecule has 0 aromatic heterocycles. The van der Waals surface area contributed by atoms with Crippen LogP contribution in [-0.4, -0.2) is 12.6 Å². The van der Waals surface area contributed by atoms with Crippen LogP contribution < -0.4 is 10.5 Å². The summed E-state index contributed by atoms with van der Waals surface area (Å²) in [5.41, 5.74) is 8.58. The summed E-state index contributed by atoms with van der Waals surface area (Å²) in [6.07, 6.45) is 6.56. The molecule has 1 aromatic rings. The predicted octanol–water partition coefficient (Wildman–Crippen LogP) is 4.36. The average Bonchev–Trinajstić information content (AvgIpc) is 3.22. The lowest BCUT2D eigenvalue weighted by Gasteiger charge is -2.17. The predicted molar refractivity (Wildman–Crippen MR) is 85.6 cm³/mol. The van der Waals surface area contributed by atoms with E-state index in [9.17, 15) is 0 Å². The second-order valence-corrected chi connectivity index (χ2v) is 6.35. The van der Waals surface area contributed by atoms with Gasteiger partial charge in [-0.25, -0.2) is 0 Å². The Morgan fingerprint density at radius 3 is 2.70 bits per heavy atom. The third-order valence-electron chi connectivity index (χ3n) is 3.89. The first kappa shape index (κ1) is 15.7. The van der Waals surface area contributed by atoms with Gasteiger partial charge in [0.2, 0.25) is 0 Å². The fraction of sp³-hybridized carbons (Fsp3) is 0.647. The van der Waals surface area contributed by atoms with Crippen LogP contribution >= 0.6 is 11.6 Å². The summed E-state index contributed by atoms with van der Waals surface area (Å²) in [6.45, 7) is 5.09. The van der Waals surface area contributed by atoms with Crippen LogP contribution in [-0.2, 0) is 12.8 Å². The van der Waals surface area contributed by atoms with Crippen molar-refractivity contribution in [2.24, 2.45) is 11.7 Å². The summed E-state index contributed by atoms with van der Waals surface area (Å²) in [6, 6.07) is 4.45. The van der Waals surface area contributed by atoms with Gasteiger partial charge < -0.3 is 10.5 Å². The van der Waals surface area contributed by atoms with Crippen LogP contribution in [0, 0.1) is 5.92 Å². The minimum absolute atomic E-state index is 0.172. The number of nitrogens with two attached hydrogens (primary N) is 1. The van der Waals surface area contributed by atoms with E-state index in [0.717, 1.165) is 49.0 Å². The van der Waals surface area contributed by atoms with Crippen LogP contribution in [0.2, 0.25) is 5.02 Å². The molecule has 1 saturated carbocycles. The van der Waals surface area contributed by atoms with E-state index in [1.165, 1.54) is 24.0 Å². The SMILES string of the molecule is CCCc1cc(Cl)c(OCC2CC2)c(CC(N)CC)c1. The molecule has 0 spiro atoms. The van der Waals surface area contributed by atoms with E-state index in [2.05, 4.69) is 19.9 Å². The van der Waals surface area contributed by atoms with Gasteiger partial charge in [-0.15, -0.1) is 0 Å². The molecule has 0 bridgehead atoms. The fourth-order valence-corrected chi connectivity index (χ4v) is 2.69. The van der Waals surface area contributed by atoms with E-state index >= 15 is 0 Å². The Bertz CT molecular complexity index is 443. The standard InChI is InChI=1S/C17H26ClNO/c1-3-5-13-8-14(10-15(19)4-2)17(16(18)9-13)20-11-12-6-7-12/h8-9,12,15H,3-7,10-11,19H2,1-2H3. The first-order valence-electron chi connectivity index (χ1n) is 7.83. The topological polar surface area (TPSA) is 35.2 Å². The maximum Gasteiger partial charge on any atom is 0.141 e. The average molecular weight is 296 g/mol. The zero-order valence-corrected chi connectivity index (χ0v) is 13.4. The molecule has 112 valence electrons. The van der Waals surface area contributed by atoms with Crippen molar-refractivity contribution in [1.29, 1.82) is 0 Å². The number of halogens is 1. The van der Waals surface area contributed by atoms with Gasteiger partial charge in [-0.2, -0.15) is 0 Å². The number of aryl methyl sites for hydroxylation is 1. The smallest absolute Gasteiger partial charge is 0.141 e. The molecule has 2 rings (SSSR count). The lowest BCUT2D eigenvalue weighted by molar-refractivity contribution is 0.296. The van der Waals surface area contributed by atoms with E-state index < -0.39 is 0 Å². The normalized spacial score (nSPS) is 16.2. The quantitative estimate of drug-likeness (QED) is 0.773. The molecular formula is C17H26ClNO. The van der Waals surface area contributed by atoms with E-state index in [4.69, 9.17) is 22.1 Å². The van der Waals surface area contributed by atoms with E-state index in [-0.39, 0.29) is 6.04 Å². The molecule has 20 heavy (non-hydrogen) atoms. The van der Waals surface area contributed by atoms with Crippen molar-refractivity contribution in [2.75, 3.05) is 6.61 Å². The summed E-state index contributed by atoms with van der Waals surface area (Å²) in [4.78, 5) is 0. The molecule has 0 radical (unpaired) electrons. The van der Waals surface area contributed by atoms with Gasteiger partial charge in [-0.3, -0.25) is 0 Å². The lowest BCUT2D eigenvalue weighted by Crippen LogP contribution is -2.22. The summed E-state index contributed by atoms with van der Waals surface area (Å²) in [5, 5.41) is 0.745. The molecule has 0 aliphatic heterocycles. The van der Waals surface area contributed by atoms with Gasteiger partial charge in [0, 0.05) is 6.04 Å². The molecule has 1 aliphatic rings. The Morgan fingerprint density at radius 1 is 1.35 bits per heavy atom. The van der Waals surface area contributed by atoms with Crippen LogP contribution in [0.15, 0.2) is 12.1 Å². The number of hydrogen-bond acceptors (Lipinski definition) is 2. The number of hydrogen-bond donors (Lipinski definition) is 1. The van der Waals surface area contributed by atoms with Crippen LogP contribution in [0.3, 0.4) is 0 Å². The van der Waals surface area contributed by atoms with Gasteiger partial charge in [0.15, 0.2) is 0 Å². The summed E-state index contributed by atoms with van der Waals surface area (Å²) < 4.78 is 5.98. The Labute approximate surface area is 127 Å². The summed E-state index contributed by atoms with van der Waals surface area (Å²) >= 11 is 6.43. The Kier molecular flexibility index (Phi) is 5.74. The molecule has 1 unspecified atom stereocenters. The number of benzene rings is 1. The molecule has 1 atom stereocenters. The maximum absolute atomic E-state index is 6.43. The van der Waals surface area contributed by atoms with Gasteiger partial charge >= 0.3 is 0 Å². The third kappa shape index (κ3) is 4.39. The van der Waals surface area contributed by atoms with Gasteiger partial charge in [0.25, 0.3) is 0 Å². The van der Waals surface area contributed by atoms with Crippen molar-refractivity contribution in [3.05, 3.63) is 28.3 Å². The minimum atomic E-state index is 0.172. The highest BCUT2D eigenvalue weighted by Gasteiger charge is 2.23. The summed E-state index contributed by atoms with van der Waals surface area (Å²) in [7, 11) is 0. The monoisotopic (exact) mass is 295 g/mol. The highest BCUT2D eigenvalue weighted by molar-refractivity contribution is 6.32. The van der Waals surface area contributed by atoms with Crippen molar-refractivity contribution >= 4 is 11.6 Å². The third-order valence-corrected chi connectivity index (χ3v) is 4.17. The first-order chi connectivity index (χ1) is 9.63. The highest BCUT2D eigenvalue weighted by Crippen LogP contribution is 2.35. The highest BCUT2D eigenvalue weighted by atomic mass is 35.5. The van der Waals surface area contributed by atoms with Crippen LogP contribution in [0.4, 0.5) is 0 Å². The second-order valence-electron chi connectivity index (χ2n) is 5.94. The van der Waals surface area contributed by atoms with Gasteiger partial charge in [-0.05, 0) is 55.2 Å². The molecule has 1 aliphatic carbocycles. The van der Waals surface area contributed by atoms with Crippen molar-refractivity contribution in [1.82, 2.24) is 0 Å². The van der Waals surface area contributed by atoms with Crippen LogP contribution in [0.25, 0.3) is 0 Å². The van der Waals surface area contributed by atoms with E-state index in [1.54, 1.807) is 0 Å². The summed E-state index contributed by atoms with van der Waals surface area (Å²) in [5.74, 6) is 1.59. The lowest BCUT2D eigenvalue weighted by atomic mass is 9.99. The van der Waals surface area contributed by atoms with Crippen molar-refractivity contribution < 1.29 is 4.74 Å². The fourth-order valence-electron chi connectivity index (χ4n) is 2.37. The van der Waals surface area contributed by atoms with E-state index in [0.29, 0.717) is 0 Å². The molecule has 1 fully saturated rings. The Balaban J connectivity index is 2.19. The Morgan fingerprint density at radius 2 is 2.10 bits per heavy atom. The zero-order chi connectivity index (χ0) is 14.5.